The monoisotopic (exact) mass is 530 g/mol. The molecule has 0 N–H and O–H groups in total. The molecular formula is C30H31FN4O2S. The minimum Gasteiger partial charge on any atom is -0.378 e. The highest BCUT2D eigenvalue weighted by atomic mass is 32.2. The fourth-order valence-electron chi connectivity index (χ4n) is 5.76. The number of aromatic nitrogens is 2. The van der Waals surface area contributed by atoms with E-state index in [0.717, 1.165) is 58.9 Å². The molecule has 6 nitrogen and oxygen atoms in total. The van der Waals surface area contributed by atoms with Crippen LogP contribution in [0.4, 0.5) is 21.5 Å². The quantitative estimate of drug-likeness (QED) is 0.335. The molecule has 2 aromatic heterocycles. The van der Waals surface area contributed by atoms with Crippen LogP contribution >= 0.6 is 0 Å². The lowest BCUT2D eigenvalue weighted by atomic mass is 9.91. The maximum atomic E-state index is 14.5. The Morgan fingerprint density at radius 3 is 2.61 bits per heavy atom. The van der Waals surface area contributed by atoms with Gasteiger partial charge in [0.2, 0.25) is 0 Å². The molecule has 4 aromatic rings. The van der Waals surface area contributed by atoms with Crippen LogP contribution in [0.5, 0.6) is 0 Å². The number of morpholine rings is 1. The Bertz CT molecular complexity index is 1580. The molecule has 2 aliphatic rings. The van der Waals surface area contributed by atoms with Crippen molar-refractivity contribution in [3.8, 4) is 11.3 Å². The van der Waals surface area contributed by atoms with Gasteiger partial charge < -0.3 is 14.5 Å². The van der Waals surface area contributed by atoms with Crippen molar-refractivity contribution in [2.75, 3.05) is 48.9 Å². The maximum Gasteiger partial charge on any atom is 0.125 e. The Morgan fingerprint density at radius 1 is 1.08 bits per heavy atom. The SMILES string of the molecule is Cc1c(-c2ccccc2S(C)=O)nc2cc(F)ccc2c1N1CC(C)(C)c2ncc(N3CCOCC3)cc21. The van der Waals surface area contributed by atoms with Crippen molar-refractivity contribution in [2.45, 2.75) is 31.1 Å². The van der Waals surface area contributed by atoms with E-state index in [1.807, 2.05) is 36.5 Å². The van der Waals surface area contributed by atoms with Crippen LogP contribution < -0.4 is 9.80 Å². The molecule has 38 heavy (non-hydrogen) atoms. The lowest BCUT2D eigenvalue weighted by Crippen LogP contribution is -2.36. The lowest BCUT2D eigenvalue weighted by molar-refractivity contribution is 0.122. The zero-order valence-electron chi connectivity index (χ0n) is 22.1. The normalized spacial score (nSPS) is 17.6. The molecule has 0 radical (unpaired) electrons. The Kier molecular flexibility index (Phi) is 6.19. The summed E-state index contributed by atoms with van der Waals surface area (Å²) < 4.78 is 32.7. The average Bonchev–Trinajstić information content (AvgIpc) is 3.18. The molecule has 1 saturated heterocycles. The van der Waals surface area contributed by atoms with E-state index >= 15 is 0 Å². The van der Waals surface area contributed by atoms with Crippen molar-refractivity contribution in [2.24, 2.45) is 0 Å². The van der Waals surface area contributed by atoms with Gasteiger partial charge in [0.25, 0.3) is 0 Å². The van der Waals surface area contributed by atoms with Crippen LogP contribution in [0.2, 0.25) is 0 Å². The van der Waals surface area contributed by atoms with Crippen LogP contribution in [0.3, 0.4) is 0 Å². The van der Waals surface area contributed by atoms with Gasteiger partial charge in [-0.3, -0.25) is 9.19 Å². The molecule has 0 saturated carbocycles. The zero-order chi connectivity index (χ0) is 26.6. The van der Waals surface area contributed by atoms with Crippen LogP contribution in [0.15, 0.2) is 59.6 Å². The van der Waals surface area contributed by atoms with Crippen molar-refractivity contribution in [1.29, 1.82) is 0 Å². The molecule has 0 amide bonds. The predicted molar refractivity (Wildman–Crippen MR) is 152 cm³/mol. The minimum absolute atomic E-state index is 0.191. The number of nitrogens with zero attached hydrogens (tertiary/aromatic N) is 4. The Labute approximate surface area is 224 Å². The number of ether oxygens (including phenoxy) is 1. The predicted octanol–water partition coefficient (Wildman–Crippen LogP) is 5.75. The van der Waals surface area contributed by atoms with E-state index in [2.05, 4.69) is 36.6 Å². The highest BCUT2D eigenvalue weighted by Gasteiger charge is 2.39. The number of pyridine rings is 2. The first-order chi connectivity index (χ1) is 18.2. The minimum atomic E-state index is -1.20. The summed E-state index contributed by atoms with van der Waals surface area (Å²) >= 11 is 0. The number of benzene rings is 2. The second-order valence-electron chi connectivity index (χ2n) is 10.7. The Hall–Kier alpha value is -3.36. The fourth-order valence-corrected chi connectivity index (χ4v) is 6.50. The van der Waals surface area contributed by atoms with Crippen molar-refractivity contribution in [3.05, 3.63) is 71.8 Å². The molecule has 2 aliphatic heterocycles. The van der Waals surface area contributed by atoms with Gasteiger partial charge in [-0.2, -0.15) is 0 Å². The highest BCUT2D eigenvalue weighted by molar-refractivity contribution is 7.84. The van der Waals surface area contributed by atoms with Gasteiger partial charge in [0.15, 0.2) is 0 Å². The highest BCUT2D eigenvalue weighted by Crippen LogP contribution is 2.48. The molecule has 1 fully saturated rings. The molecule has 2 aromatic carbocycles. The third-order valence-corrected chi connectivity index (χ3v) is 8.57. The van der Waals surface area contributed by atoms with E-state index < -0.39 is 10.8 Å². The van der Waals surface area contributed by atoms with Crippen LogP contribution in [-0.2, 0) is 21.0 Å². The summed E-state index contributed by atoms with van der Waals surface area (Å²) in [5.74, 6) is -0.337. The number of fused-ring (bicyclic) bond motifs is 2. The molecule has 8 heteroatoms. The van der Waals surface area contributed by atoms with E-state index in [-0.39, 0.29) is 11.2 Å². The summed E-state index contributed by atoms with van der Waals surface area (Å²) in [5, 5.41) is 0.878. The van der Waals surface area contributed by atoms with E-state index in [4.69, 9.17) is 14.7 Å². The molecular weight excluding hydrogens is 499 g/mol. The molecule has 6 rings (SSSR count). The smallest absolute Gasteiger partial charge is 0.125 e. The van der Waals surface area contributed by atoms with E-state index in [0.29, 0.717) is 29.3 Å². The van der Waals surface area contributed by atoms with Crippen LogP contribution in [0.1, 0.15) is 25.1 Å². The summed E-state index contributed by atoms with van der Waals surface area (Å²) in [5.41, 5.74) is 7.00. The molecule has 196 valence electrons. The van der Waals surface area contributed by atoms with Gasteiger partial charge in [-0.15, -0.1) is 0 Å². The Morgan fingerprint density at radius 2 is 1.84 bits per heavy atom. The second kappa shape index (κ2) is 9.43. The van der Waals surface area contributed by atoms with Crippen molar-refractivity contribution >= 4 is 38.8 Å². The topological polar surface area (TPSA) is 58.6 Å². The van der Waals surface area contributed by atoms with E-state index in [1.165, 1.54) is 12.1 Å². The first-order valence-corrected chi connectivity index (χ1v) is 14.4. The van der Waals surface area contributed by atoms with E-state index in [9.17, 15) is 8.60 Å². The fraction of sp³-hybridized carbons (Fsp3) is 0.333. The van der Waals surface area contributed by atoms with Crippen LogP contribution in [0.25, 0.3) is 22.2 Å². The zero-order valence-corrected chi connectivity index (χ0v) is 22.9. The summed E-state index contributed by atoms with van der Waals surface area (Å²) in [6.07, 6.45) is 3.65. The van der Waals surface area contributed by atoms with Gasteiger partial charge in [-0.25, -0.2) is 9.37 Å². The third kappa shape index (κ3) is 4.16. The third-order valence-electron chi connectivity index (χ3n) is 7.59. The van der Waals surface area contributed by atoms with Crippen molar-refractivity contribution < 1.29 is 13.3 Å². The second-order valence-corrected chi connectivity index (χ2v) is 12.0. The molecule has 4 heterocycles. The van der Waals surface area contributed by atoms with Gasteiger partial charge >= 0.3 is 0 Å². The summed E-state index contributed by atoms with van der Waals surface area (Å²) in [6.45, 7) is 10.3. The summed E-state index contributed by atoms with van der Waals surface area (Å²) in [4.78, 5) is 15.2. The largest absolute Gasteiger partial charge is 0.378 e. The number of hydrogen-bond acceptors (Lipinski definition) is 6. The van der Waals surface area contributed by atoms with Crippen LogP contribution in [0, 0.1) is 12.7 Å². The first-order valence-electron chi connectivity index (χ1n) is 12.9. The number of rotatable bonds is 4. The molecule has 1 atom stereocenters. The molecule has 0 aliphatic carbocycles. The van der Waals surface area contributed by atoms with Gasteiger partial charge in [-0.05, 0) is 36.8 Å². The van der Waals surface area contributed by atoms with Crippen molar-refractivity contribution in [1.82, 2.24) is 9.97 Å². The van der Waals surface area contributed by atoms with E-state index in [1.54, 1.807) is 6.26 Å². The molecule has 0 spiro atoms. The van der Waals surface area contributed by atoms with Gasteiger partial charge in [0.05, 0.1) is 64.2 Å². The Balaban J connectivity index is 1.60. The lowest BCUT2D eigenvalue weighted by Gasteiger charge is -2.30. The maximum absolute atomic E-state index is 14.5. The van der Waals surface area contributed by atoms with Gasteiger partial charge in [0, 0.05) is 53.2 Å². The van der Waals surface area contributed by atoms with Gasteiger partial charge in [0.1, 0.15) is 5.82 Å². The van der Waals surface area contributed by atoms with Gasteiger partial charge in [-0.1, -0.05) is 32.0 Å². The average molecular weight is 531 g/mol. The summed E-state index contributed by atoms with van der Waals surface area (Å²) in [6, 6.07) is 14.6. The number of halogens is 1. The molecule has 1 unspecified atom stereocenters. The standard InChI is InChI=1S/C30H31FN4O2S/c1-19-27(23-7-5-6-8-26(23)38(4)36)33-24-15-20(31)9-10-22(24)28(19)35-18-30(2,3)29-25(35)16-21(17-32-29)34-11-13-37-14-12-34/h5-10,15-17H,11-14,18H2,1-4H3. The number of anilines is 3. The van der Waals surface area contributed by atoms with Crippen LogP contribution in [-0.4, -0.2) is 53.3 Å². The number of hydrogen-bond donors (Lipinski definition) is 0. The summed E-state index contributed by atoms with van der Waals surface area (Å²) in [7, 11) is -1.20. The first kappa shape index (κ1) is 24.9. The van der Waals surface area contributed by atoms with Crippen molar-refractivity contribution in [3.63, 3.8) is 0 Å². The molecule has 0 bridgehead atoms.